The van der Waals surface area contributed by atoms with Crippen molar-refractivity contribution in [3.8, 4) is 11.8 Å². The minimum absolute atomic E-state index is 0. The summed E-state index contributed by atoms with van der Waals surface area (Å²) in [5.74, 6) is 5.29. The van der Waals surface area contributed by atoms with Gasteiger partial charge in [-0.3, -0.25) is 5.92 Å². The topological polar surface area (TPSA) is 12.4 Å². The molecule has 0 saturated carbocycles. The van der Waals surface area contributed by atoms with Crippen LogP contribution in [-0.4, -0.2) is 6.21 Å². The first kappa shape index (κ1) is 14.4. The third-order valence-electron chi connectivity index (χ3n) is 0.835. The van der Waals surface area contributed by atoms with Gasteiger partial charge in [0.2, 0.25) is 0 Å². The van der Waals surface area contributed by atoms with Crippen LogP contribution in [0, 0.1) is 11.8 Å². The van der Waals surface area contributed by atoms with Crippen molar-refractivity contribution in [2.45, 2.75) is 27.7 Å². The fourth-order valence-corrected chi connectivity index (χ4v) is 0.557. The van der Waals surface area contributed by atoms with Gasteiger partial charge >= 0.3 is 0 Å². The van der Waals surface area contributed by atoms with Crippen LogP contribution in [0.15, 0.2) is 22.0 Å². The Kier molecular flexibility index (Phi) is 10.7. The average molecular weight is 235 g/mol. The molecule has 0 aromatic heterocycles. The Labute approximate surface area is 99.9 Å². The minimum atomic E-state index is 0. The maximum absolute atomic E-state index is 3.92. The van der Waals surface area contributed by atoms with Crippen molar-refractivity contribution in [3.05, 3.63) is 17.0 Å². The van der Waals surface area contributed by atoms with Gasteiger partial charge in [-0.1, -0.05) is 13.8 Å². The van der Waals surface area contributed by atoms with Gasteiger partial charge in [-0.25, -0.2) is 5.92 Å². The number of nitrogens with zero attached hydrogens (tertiary/aromatic N) is 1. The van der Waals surface area contributed by atoms with Gasteiger partial charge in [0.05, 0.1) is 0 Å². The Morgan fingerprint density at radius 3 is 2.25 bits per heavy atom. The summed E-state index contributed by atoms with van der Waals surface area (Å²) in [5, 5.41) is 0. The minimum Gasteiger partial charge on any atom is -0.373 e. The number of hydrogen-bond acceptors (Lipinski definition) is 1. The summed E-state index contributed by atoms with van der Waals surface area (Å²) in [6.07, 6.45) is 2.59. The van der Waals surface area contributed by atoms with Crippen LogP contribution in [0.2, 0.25) is 0 Å². The fraction of sp³-hybridized carbons (Fsp3) is 0.400. The Morgan fingerprint density at radius 1 is 1.25 bits per heavy atom. The predicted octanol–water partition coefficient (Wildman–Crippen LogP) is 2.42. The Morgan fingerprint density at radius 2 is 1.83 bits per heavy atom. The summed E-state index contributed by atoms with van der Waals surface area (Å²) in [6, 6.07) is 0. The molecule has 0 N–H and O–H groups in total. The molecule has 0 amide bonds. The molecular formula is C10H12NY-. The number of aliphatic imine (C=N–C) groups is 1. The van der Waals surface area contributed by atoms with Gasteiger partial charge in [-0.05, 0) is 31.3 Å². The predicted molar refractivity (Wildman–Crippen MR) is 48.4 cm³/mol. The SMILES string of the molecule is CC#C[C-]=NC(C)=C=C(C)C.[Y]. The van der Waals surface area contributed by atoms with Crippen molar-refractivity contribution in [2.75, 3.05) is 0 Å². The summed E-state index contributed by atoms with van der Waals surface area (Å²) < 4.78 is 0. The van der Waals surface area contributed by atoms with E-state index in [1.165, 1.54) is 0 Å². The van der Waals surface area contributed by atoms with Crippen molar-refractivity contribution < 1.29 is 32.7 Å². The van der Waals surface area contributed by atoms with Gasteiger partial charge in [0, 0.05) is 32.7 Å². The van der Waals surface area contributed by atoms with E-state index < -0.39 is 0 Å². The molecule has 0 unspecified atom stereocenters. The summed E-state index contributed by atoms with van der Waals surface area (Å²) in [4.78, 5) is 3.92. The average Bonchev–Trinajstić information content (AvgIpc) is 1.86. The van der Waals surface area contributed by atoms with Crippen LogP contribution < -0.4 is 0 Å². The molecule has 0 aliphatic carbocycles. The molecule has 1 radical (unpaired) electrons. The third kappa shape index (κ3) is 9.85. The Bertz CT molecular complexity index is 266. The zero-order valence-electron chi connectivity index (χ0n) is 8.02. The normalized spacial score (nSPS) is 7.67. The molecule has 0 spiro atoms. The molecule has 0 heterocycles. The molecule has 12 heavy (non-hydrogen) atoms. The second-order valence-corrected chi connectivity index (χ2v) is 2.31. The first-order chi connectivity index (χ1) is 5.16. The van der Waals surface area contributed by atoms with Gasteiger partial charge in [0.25, 0.3) is 0 Å². The monoisotopic (exact) mass is 235 g/mol. The summed E-state index contributed by atoms with van der Waals surface area (Å²) >= 11 is 0. The molecule has 0 aromatic rings. The molecule has 0 fully saturated rings. The van der Waals surface area contributed by atoms with Gasteiger partial charge in [-0.15, -0.1) is 0 Å². The quantitative estimate of drug-likeness (QED) is 0.286. The molecule has 0 aliphatic rings. The summed E-state index contributed by atoms with van der Waals surface area (Å²) in [7, 11) is 0. The van der Waals surface area contributed by atoms with Crippen molar-refractivity contribution in [1.29, 1.82) is 0 Å². The molecule has 0 aromatic carbocycles. The standard InChI is InChI=1S/C10H12N.Y/c1-5-6-7-11-10(4)8-9(2)3;/h1-4H3;/q-1;. The molecular weight excluding hydrogens is 223 g/mol. The zero-order valence-corrected chi connectivity index (χ0v) is 10.9. The molecule has 0 saturated heterocycles. The van der Waals surface area contributed by atoms with E-state index >= 15 is 0 Å². The van der Waals surface area contributed by atoms with Crippen LogP contribution in [0.25, 0.3) is 0 Å². The van der Waals surface area contributed by atoms with E-state index in [-0.39, 0.29) is 32.7 Å². The van der Waals surface area contributed by atoms with Crippen LogP contribution >= 0.6 is 0 Å². The van der Waals surface area contributed by atoms with E-state index in [4.69, 9.17) is 0 Å². The van der Waals surface area contributed by atoms with Crippen molar-refractivity contribution >= 4 is 6.21 Å². The fourth-order valence-electron chi connectivity index (χ4n) is 0.557. The molecule has 1 nitrogen and oxygen atoms in total. The number of rotatable bonds is 1. The van der Waals surface area contributed by atoms with E-state index in [2.05, 4.69) is 28.8 Å². The maximum atomic E-state index is 3.92. The smallest absolute Gasteiger partial charge is 0 e. The van der Waals surface area contributed by atoms with E-state index in [1.54, 1.807) is 6.92 Å². The van der Waals surface area contributed by atoms with E-state index in [1.807, 2.05) is 20.8 Å². The second kappa shape index (κ2) is 8.95. The van der Waals surface area contributed by atoms with Gasteiger partial charge < -0.3 is 4.99 Å². The first-order valence-corrected chi connectivity index (χ1v) is 3.45. The summed E-state index contributed by atoms with van der Waals surface area (Å²) in [5.41, 5.74) is 4.96. The van der Waals surface area contributed by atoms with Crippen LogP contribution in [0.5, 0.6) is 0 Å². The largest absolute Gasteiger partial charge is 0.373 e. The molecule has 2 heteroatoms. The number of hydrogen-bond donors (Lipinski definition) is 0. The third-order valence-corrected chi connectivity index (χ3v) is 0.835. The van der Waals surface area contributed by atoms with Crippen LogP contribution in [0.4, 0.5) is 0 Å². The zero-order chi connectivity index (χ0) is 8.69. The van der Waals surface area contributed by atoms with Gasteiger partial charge in [0.15, 0.2) is 0 Å². The van der Waals surface area contributed by atoms with E-state index in [9.17, 15) is 0 Å². The van der Waals surface area contributed by atoms with Crippen LogP contribution in [0.1, 0.15) is 27.7 Å². The van der Waals surface area contributed by atoms with Gasteiger partial charge in [-0.2, -0.15) is 5.73 Å². The van der Waals surface area contributed by atoms with Crippen LogP contribution in [0.3, 0.4) is 0 Å². The van der Waals surface area contributed by atoms with E-state index in [0.29, 0.717) is 0 Å². The van der Waals surface area contributed by atoms with Crippen LogP contribution in [-0.2, 0) is 32.7 Å². The van der Waals surface area contributed by atoms with Crippen molar-refractivity contribution in [2.24, 2.45) is 4.99 Å². The maximum Gasteiger partial charge on any atom is 0 e. The Hall–Kier alpha value is -0.146. The molecule has 61 valence electrons. The number of allylic oxidation sites excluding steroid dienone is 1. The first-order valence-electron chi connectivity index (χ1n) is 3.45. The second-order valence-electron chi connectivity index (χ2n) is 2.31. The molecule has 0 bridgehead atoms. The van der Waals surface area contributed by atoms with Crippen molar-refractivity contribution in [1.82, 2.24) is 0 Å². The molecule has 0 aliphatic heterocycles. The van der Waals surface area contributed by atoms with E-state index in [0.717, 1.165) is 11.3 Å². The molecule has 0 atom stereocenters. The van der Waals surface area contributed by atoms with Gasteiger partial charge in [0.1, 0.15) is 0 Å². The summed E-state index contributed by atoms with van der Waals surface area (Å²) in [6.45, 7) is 7.58. The molecule has 0 rings (SSSR count). The van der Waals surface area contributed by atoms with Crippen molar-refractivity contribution in [3.63, 3.8) is 0 Å². The Balaban J connectivity index is 0.